The number of hydrogen-bond donors (Lipinski definition) is 0. The fraction of sp³-hybridized carbons (Fsp3) is 0.250. The van der Waals surface area contributed by atoms with Crippen LogP contribution in [0.5, 0.6) is 11.5 Å². The maximum absolute atomic E-state index is 13.2. The summed E-state index contributed by atoms with van der Waals surface area (Å²) in [7, 11) is -3.88. The molecule has 0 aliphatic heterocycles. The van der Waals surface area contributed by atoms with Gasteiger partial charge in [0, 0.05) is 9.79 Å². The van der Waals surface area contributed by atoms with Gasteiger partial charge in [0.05, 0.1) is 0 Å². The van der Waals surface area contributed by atoms with Crippen molar-refractivity contribution in [2.75, 3.05) is 12.5 Å². The lowest BCUT2D eigenvalue weighted by molar-refractivity contribution is 0.379. The van der Waals surface area contributed by atoms with Crippen molar-refractivity contribution in [1.29, 1.82) is 0 Å². The second kappa shape index (κ2) is 8.29. The van der Waals surface area contributed by atoms with E-state index < -0.39 is 11.7 Å². The fourth-order valence-corrected chi connectivity index (χ4v) is 4.12. The molecule has 0 heterocycles. The summed E-state index contributed by atoms with van der Waals surface area (Å²) in [4.78, 5) is 2.12. The Kier molecular flexibility index (Phi) is 6.86. The van der Waals surface area contributed by atoms with E-state index in [2.05, 4.69) is 0 Å². The largest absolute Gasteiger partial charge is 0.466 e. The van der Waals surface area contributed by atoms with E-state index >= 15 is 0 Å². The Hall–Kier alpha value is -0.450. The van der Waals surface area contributed by atoms with E-state index in [9.17, 15) is 4.57 Å². The highest BCUT2D eigenvalue weighted by Gasteiger charge is 2.48. The van der Waals surface area contributed by atoms with E-state index in [0.29, 0.717) is 11.5 Å². The summed E-state index contributed by atoms with van der Waals surface area (Å²) in [6, 6.07) is 14.3. The molecule has 0 radical (unpaired) electrons. The second-order valence-corrected chi connectivity index (χ2v) is 11.1. The molecular weight excluding hydrogens is 406 g/mol. The molecule has 0 amide bonds. The minimum absolute atomic E-state index is 0.379. The zero-order valence-corrected chi connectivity index (χ0v) is 17.4. The van der Waals surface area contributed by atoms with Gasteiger partial charge >= 0.3 is 7.60 Å². The average molecular weight is 423 g/mol. The first-order valence-electron chi connectivity index (χ1n) is 6.93. The van der Waals surface area contributed by atoms with E-state index in [-0.39, 0.29) is 0 Å². The van der Waals surface area contributed by atoms with Gasteiger partial charge in [-0.25, -0.2) is 4.57 Å². The quantitative estimate of drug-likeness (QED) is 0.274. The first-order chi connectivity index (χ1) is 11.3. The van der Waals surface area contributed by atoms with Gasteiger partial charge in [0.15, 0.2) is 0 Å². The van der Waals surface area contributed by atoms with E-state index in [1.807, 2.05) is 36.8 Å². The molecule has 2 aromatic carbocycles. The molecule has 0 atom stereocenters. The van der Waals surface area contributed by atoms with E-state index in [0.717, 1.165) is 9.79 Å². The molecule has 0 aromatic heterocycles. The molecule has 0 aliphatic carbocycles. The maximum atomic E-state index is 13.2. The van der Waals surface area contributed by atoms with Crippen LogP contribution in [-0.2, 0) is 4.57 Å². The fourth-order valence-electron chi connectivity index (χ4n) is 1.73. The summed E-state index contributed by atoms with van der Waals surface area (Å²) in [5, 5.41) is 0. The third-order valence-corrected chi connectivity index (χ3v) is 7.64. The van der Waals surface area contributed by atoms with E-state index in [4.69, 9.17) is 32.2 Å². The third kappa shape index (κ3) is 5.03. The zero-order valence-electron chi connectivity index (χ0n) is 13.4. The molecule has 0 bridgehead atoms. The molecule has 0 saturated heterocycles. The molecule has 0 aliphatic rings. The predicted molar refractivity (Wildman–Crippen MR) is 105 cm³/mol. The van der Waals surface area contributed by atoms with Crippen LogP contribution in [-0.4, -0.2) is 16.6 Å². The lowest BCUT2D eigenvalue weighted by Gasteiger charge is -2.26. The van der Waals surface area contributed by atoms with Crippen LogP contribution in [0.3, 0.4) is 0 Å². The van der Waals surface area contributed by atoms with Crippen LogP contribution in [0.25, 0.3) is 0 Å². The number of halogens is 2. The summed E-state index contributed by atoms with van der Waals surface area (Å²) in [5.41, 5.74) is 0. The molecule has 2 aromatic rings. The van der Waals surface area contributed by atoms with Gasteiger partial charge in [-0.05, 0) is 68.0 Å². The van der Waals surface area contributed by atoms with Gasteiger partial charge in [0.25, 0.3) is 0 Å². The molecule has 0 fully saturated rings. The van der Waals surface area contributed by atoms with Crippen molar-refractivity contribution < 1.29 is 13.6 Å². The standard InChI is InChI=1S/C16H17Cl2O3PS2/c1-16(17,18)22(19,20-12-4-8-14(23-2)9-5-12)21-13-6-10-15(24-3)11-7-13/h4-11H,1-3H3. The lowest BCUT2D eigenvalue weighted by atomic mass is 10.3. The molecule has 130 valence electrons. The Bertz CT molecular complexity index is 662. The summed E-state index contributed by atoms with van der Waals surface area (Å²) in [5.74, 6) is 0.758. The molecule has 2 rings (SSSR count). The summed E-state index contributed by atoms with van der Waals surface area (Å²) >= 11 is 15.4. The minimum atomic E-state index is -3.88. The first-order valence-corrected chi connectivity index (χ1v) is 11.7. The molecule has 8 heteroatoms. The summed E-state index contributed by atoms with van der Waals surface area (Å²) < 4.78 is 22.6. The van der Waals surface area contributed by atoms with Gasteiger partial charge in [0.2, 0.25) is 4.07 Å². The van der Waals surface area contributed by atoms with Crippen molar-refractivity contribution in [2.45, 2.75) is 20.8 Å². The van der Waals surface area contributed by atoms with Crippen LogP contribution in [0.4, 0.5) is 0 Å². The van der Waals surface area contributed by atoms with Crippen LogP contribution in [0, 0.1) is 0 Å². The van der Waals surface area contributed by atoms with Gasteiger partial charge in [0.1, 0.15) is 11.5 Å². The molecule has 3 nitrogen and oxygen atoms in total. The predicted octanol–water partition coefficient (Wildman–Crippen LogP) is 6.93. The van der Waals surface area contributed by atoms with Crippen LogP contribution in [0.2, 0.25) is 0 Å². The molecule has 0 saturated carbocycles. The average Bonchev–Trinajstić information content (AvgIpc) is 2.55. The Labute approximate surface area is 160 Å². The van der Waals surface area contributed by atoms with Gasteiger partial charge in [-0.2, -0.15) is 0 Å². The van der Waals surface area contributed by atoms with Gasteiger partial charge in [-0.3, -0.25) is 0 Å². The zero-order chi connectivity index (χ0) is 17.8. The molecular formula is C16H17Cl2O3PS2. The van der Waals surface area contributed by atoms with Crippen molar-refractivity contribution in [1.82, 2.24) is 0 Å². The molecule has 24 heavy (non-hydrogen) atoms. The maximum Gasteiger partial charge on any atom is 0.466 e. The minimum Gasteiger partial charge on any atom is -0.414 e. The highest BCUT2D eigenvalue weighted by molar-refractivity contribution is 7.98. The SMILES string of the molecule is CSc1ccc(OP(=O)(Oc2ccc(SC)cc2)C(C)(Cl)Cl)cc1. The van der Waals surface area contributed by atoms with E-state index in [1.165, 1.54) is 6.92 Å². The first kappa shape index (κ1) is 19.9. The van der Waals surface area contributed by atoms with Crippen LogP contribution in [0.1, 0.15) is 6.92 Å². The Morgan fingerprint density at radius 1 is 0.833 bits per heavy atom. The summed E-state index contributed by atoms with van der Waals surface area (Å²) in [6.45, 7) is 1.39. The molecule has 0 spiro atoms. The van der Waals surface area contributed by atoms with Crippen molar-refractivity contribution in [3.05, 3.63) is 48.5 Å². The van der Waals surface area contributed by atoms with Crippen LogP contribution >= 0.6 is 54.3 Å². The third-order valence-electron chi connectivity index (χ3n) is 3.05. The Balaban J connectivity index is 2.26. The summed E-state index contributed by atoms with van der Waals surface area (Å²) in [6.07, 6.45) is 3.94. The number of benzene rings is 2. The van der Waals surface area contributed by atoms with Crippen LogP contribution in [0.15, 0.2) is 58.3 Å². The van der Waals surface area contributed by atoms with Crippen molar-refractivity contribution in [3.8, 4) is 11.5 Å². The Morgan fingerprint density at radius 3 is 1.42 bits per heavy atom. The highest BCUT2D eigenvalue weighted by Crippen LogP contribution is 2.63. The van der Waals surface area contributed by atoms with Gasteiger partial charge in [-0.15, -0.1) is 23.5 Å². The number of thioether (sulfide) groups is 2. The normalized spacial score (nSPS) is 12.0. The number of rotatable bonds is 7. The lowest BCUT2D eigenvalue weighted by Crippen LogP contribution is -2.17. The van der Waals surface area contributed by atoms with Crippen molar-refractivity contribution in [3.63, 3.8) is 0 Å². The number of alkyl halides is 2. The monoisotopic (exact) mass is 422 g/mol. The topological polar surface area (TPSA) is 35.5 Å². The molecule has 0 N–H and O–H groups in total. The highest BCUT2D eigenvalue weighted by atomic mass is 35.5. The smallest absolute Gasteiger partial charge is 0.414 e. The van der Waals surface area contributed by atoms with Gasteiger partial charge in [-0.1, -0.05) is 23.2 Å². The van der Waals surface area contributed by atoms with E-state index in [1.54, 1.807) is 47.8 Å². The second-order valence-electron chi connectivity index (χ2n) is 4.87. The van der Waals surface area contributed by atoms with Crippen molar-refractivity contribution >= 4 is 54.3 Å². The number of hydrogen-bond acceptors (Lipinski definition) is 5. The van der Waals surface area contributed by atoms with Crippen LogP contribution < -0.4 is 9.05 Å². The molecule has 0 unspecified atom stereocenters. The Morgan fingerprint density at radius 2 is 1.17 bits per heavy atom. The van der Waals surface area contributed by atoms with Gasteiger partial charge < -0.3 is 9.05 Å². The van der Waals surface area contributed by atoms with Crippen molar-refractivity contribution in [2.24, 2.45) is 0 Å².